The van der Waals surface area contributed by atoms with E-state index < -0.39 is 29.4 Å². The maximum atomic E-state index is 13.5. The van der Waals surface area contributed by atoms with Gasteiger partial charge in [0.2, 0.25) is 5.95 Å². The summed E-state index contributed by atoms with van der Waals surface area (Å²) in [5, 5.41) is 15.9. The number of methoxy groups -OCH3 is 1. The number of nitriles is 1. The summed E-state index contributed by atoms with van der Waals surface area (Å²) in [4.78, 5) is 27.6. The molecule has 2 aromatic carbocycles. The first-order valence-corrected chi connectivity index (χ1v) is 12.5. The van der Waals surface area contributed by atoms with Crippen LogP contribution in [-0.2, 0) is 22.1 Å². The van der Waals surface area contributed by atoms with Crippen molar-refractivity contribution in [3.8, 4) is 6.07 Å². The lowest BCUT2D eigenvalue weighted by Crippen LogP contribution is -2.38. The number of fused-ring (bicyclic) bond motifs is 1. The minimum atomic E-state index is -4.60. The van der Waals surface area contributed by atoms with Crippen molar-refractivity contribution in [2.45, 2.75) is 25.6 Å². The summed E-state index contributed by atoms with van der Waals surface area (Å²) in [6.45, 7) is 1.56. The van der Waals surface area contributed by atoms with Gasteiger partial charge in [0.25, 0.3) is 0 Å². The van der Waals surface area contributed by atoms with Gasteiger partial charge in [-0.1, -0.05) is 12.1 Å². The molecule has 0 amide bonds. The molecule has 4 rings (SSSR count). The van der Waals surface area contributed by atoms with Gasteiger partial charge in [0.05, 0.1) is 29.9 Å². The molecular weight excluding hydrogens is 507 g/mol. The summed E-state index contributed by atoms with van der Waals surface area (Å²) in [6.07, 6.45) is -2.11. The molecule has 12 heteroatoms. The normalized spacial score (nSPS) is 15.4. The zero-order valence-corrected chi connectivity index (χ0v) is 20.9. The van der Waals surface area contributed by atoms with Gasteiger partial charge in [-0.15, -0.1) is 5.10 Å². The highest BCUT2D eigenvalue weighted by Gasteiger charge is 2.40. The molecule has 0 fully saturated rings. The van der Waals surface area contributed by atoms with E-state index in [2.05, 4.69) is 16.3 Å². The highest BCUT2D eigenvalue weighted by Crippen LogP contribution is 2.43. The highest BCUT2D eigenvalue weighted by atomic mass is 32.2. The van der Waals surface area contributed by atoms with E-state index in [9.17, 15) is 28.0 Å². The van der Waals surface area contributed by atoms with Crippen LogP contribution in [0.4, 0.5) is 24.8 Å². The molecule has 0 bridgehead atoms. The zero-order chi connectivity index (χ0) is 26.9. The number of nitrogens with one attached hydrogen (secondary N) is 1. The third-order valence-electron chi connectivity index (χ3n) is 6.12. The standard InChI is InChI=1S/C25H22F3N5O3S/c1-14-20(22(34)36-2)21(19-8-7-15(13-29)11-16(19)9-10-37-3)33-23(30-31-24(33)35)32(14)18-6-4-5-17(12-18)25(26,27)28/h4-8,11-12,21H,9-10H2,1-3H3,(H,31,35)/t21-/m1/s1. The Bertz CT molecular complexity index is 1490. The van der Waals surface area contributed by atoms with E-state index in [-0.39, 0.29) is 22.9 Å². The molecular formula is C25H22F3N5O3S. The zero-order valence-electron chi connectivity index (χ0n) is 20.1. The number of allylic oxidation sites excluding steroid dienone is 1. The van der Waals surface area contributed by atoms with Crippen molar-refractivity contribution < 1.29 is 22.7 Å². The largest absolute Gasteiger partial charge is 0.466 e. The molecule has 8 nitrogen and oxygen atoms in total. The van der Waals surface area contributed by atoms with Crippen LogP contribution in [0.2, 0.25) is 0 Å². The predicted molar refractivity (Wildman–Crippen MR) is 133 cm³/mol. The molecule has 0 saturated heterocycles. The molecule has 0 aliphatic carbocycles. The Labute approximate surface area is 214 Å². The van der Waals surface area contributed by atoms with Crippen molar-refractivity contribution in [3.05, 3.63) is 86.5 Å². The van der Waals surface area contributed by atoms with E-state index in [1.807, 2.05) is 6.26 Å². The molecule has 1 atom stereocenters. The Morgan fingerprint density at radius 1 is 1.27 bits per heavy atom. The van der Waals surface area contributed by atoms with Gasteiger partial charge >= 0.3 is 17.8 Å². The average molecular weight is 530 g/mol. The number of hydrogen-bond donors (Lipinski definition) is 1. The van der Waals surface area contributed by atoms with E-state index in [1.165, 1.54) is 28.7 Å². The number of halogens is 3. The number of ether oxygens (including phenoxy) is 1. The van der Waals surface area contributed by atoms with Crippen LogP contribution < -0.4 is 10.6 Å². The predicted octanol–water partition coefficient (Wildman–Crippen LogP) is 4.56. The number of aromatic nitrogens is 3. The summed E-state index contributed by atoms with van der Waals surface area (Å²) in [5.41, 5.74) is 0.576. The fraction of sp³-hybridized carbons (Fsp3) is 0.280. The summed E-state index contributed by atoms with van der Waals surface area (Å²) in [5.74, 6) is -0.0213. The second-order valence-electron chi connectivity index (χ2n) is 8.24. The van der Waals surface area contributed by atoms with Crippen molar-refractivity contribution in [1.82, 2.24) is 14.8 Å². The molecule has 192 valence electrons. The van der Waals surface area contributed by atoms with Gasteiger partial charge < -0.3 is 4.74 Å². The van der Waals surface area contributed by atoms with Crippen molar-refractivity contribution in [2.24, 2.45) is 0 Å². The third-order valence-corrected chi connectivity index (χ3v) is 6.73. The van der Waals surface area contributed by atoms with Crippen LogP contribution in [0.3, 0.4) is 0 Å². The van der Waals surface area contributed by atoms with E-state index in [1.54, 1.807) is 36.9 Å². The Morgan fingerprint density at radius 2 is 2.03 bits per heavy atom. The fourth-order valence-electron chi connectivity index (χ4n) is 4.45. The lowest BCUT2D eigenvalue weighted by molar-refractivity contribution is -0.138. The number of nitrogens with zero attached hydrogens (tertiary/aromatic N) is 4. The van der Waals surface area contributed by atoms with Crippen LogP contribution in [0.15, 0.2) is 58.5 Å². The Morgan fingerprint density at radius 3 is 2.68 bits per heavy atom. The van der Waals surface area contributed by atoms with E-state index in [0.717, 1.165) is 17.7 Å². The molecule has 1 aromatic heterocycles. The molecule has 0 saturated carbocycles. The molecule has 1 aliphatic heterocycles. The number of aromatic amines is 1. The summed E-state index contributed by atoms with van der Waals surface area (Å²) < 4.78 is 46.7. The first kappa shape index (κ1) is 26.1. The number of aryl methyl sites for hydroxylation is 1. The number of benzene rings is 2. The van der Waals surface area contributed by atoms with E-state index in [4.69, 9.17) is 4.74 Å². The van der Waals surface area contributed by atoms with E-state index in [0.29, 0.717) is 23.3 Å². The molecule has 0 unspecified atom stereocenters. The summed E-state index contributed by atoms with van der Waals surface area (Å²) >= 11 is 1.60. The number of hydrogen-bond acceptors (Lipinski definition) is 7. The molecule has 1 N–H and O–H groups in total. The number of anilines is 2. The van der Waals surface area contributed by atoms with Crippen molar-refractivity contribution in [2.75, 3.05) is 24.0 Å². The van der Waals surface area contributed by atoms with Gasteiger partial charge in [-0.2, -0.15) is 30.2 Å². The van der Waals surface area contributed by atoms with Crippen LogP contribution in [0.1, 0.15) is 35.2 Å². The minimum Gasteiger partial charge on any atom is -0.466 e. The number of H-pyrrole nitrogens is 1. The first-order valence-electron chi connectivity index (χ1n) is 11.1. The quantitative estimate of drug-likeness (QED) is 0.467. The SMILES string of the molecule is COC(=O)C1=C(C)N(c2cccc(C(F)(F)F)c2)c2n[nH]c(=O)n2[C@@H]1c1ccc(C#N)cc1CCSC. The smallest absolute Gasteiger partial charge is 0.416 e. The number of carbonyl (C=O) groups is 1. The molecule has 37 heavy (non-hydrogen) atoms. The van der Waals surface area contributed by atoms with Crippen molar-refractivity contribution in [3.63, 3.8) is 0 Å². The molecule has 2 heterocycles. The Hall–Kier alpha value is -3.98. The Balaban J connectivity index is 2.01. The molecule has 0 radical (unpaired) electrons. The average Bonchev–Trinajstić information content (AvgIpc) is 3.26. The van der Waals surface area contributed by atoms with Gasteiger partial charge in [0, 0.05) is 11.4 Å². The van der Waals surface area contributed by atoms with Gasteiger partial charge in [-0.3, -0.25) is 4.90 Å². The van der Waals surface area contributed by atoms with Crippen LogP contribution >= 0.6 is 11.8 Å². The third kappa shape index (κ3) is 4.74. The lowest BCUT2D eigenvalue weighted by atomic mass is 9.89. The van der Waals surface area contributed by atoms with Gasteiger partial charge in [-0.05, 0) is 66.8 Å². The second-order valence-corrected chi connectivity index (χ2v) is 9.23. The maximum Gasteiger partial charge on any atom is 0.416 e. The van der Waals surface area contributed by atoms with E-state index >= 15 is 0 Å². The first-order chi connectivity index (χ1) is 17.6. The summed E-state index contributed by atoms with van der Waals surface area (Å²) in [7, 11) is 1.19. The number of alkyl halides is 3. The van der Waals surface area contributed by atoms with Crippen LogP contribution in [0.5, 0.6) is 0 Å². The van der Waals surface area contributed by atoms with Crippen LogP contribution in [-0.4, -0.2) is 39.9 Å². The summed E-state index contributed by atoms with van der Waals surface area (Å²) in [6, 6.07) is 10.6. The van der Waals surface area contributed by atoms with Crippen molar-refractivity contribution >= 4 is 29.4 Å². The maximum absolute atomic E-state index is 13.5. The van der Waals surface area contributed by atoms with Crippen LogP contribution in [0.25, 0.3) is 0 Å². The monoisotopic (exact) mass is 529 g/mol. The fourth-order valence-corrected chi connectivity index (χ4v) is 4.87. The number of thioether (sulfide) groups is 1. The minimum absolute atomic E-state index is 0.0136. The highest BCUT2D eigenvalue weighted by molar-refractivity contribution is 7.98. The molecule has 1 aliphatic rings. The second kappa shape index (κ2) is 10.2. The van der Waals surface area contributed by atoms with Gasteiger partial charge in [0.1, 0.15) is 6.04 Å². The van der Waals surface area contributed by atoms with Crippen molar-refractivity contribution in [1.29, 1.82) is 5.26 Å². The number of carbonyl (C=O) groups excluding carboxylic acids is 1. The topological polar surface area (TPSA) is 104 Å². The lowest BCUT2D eigenvalue weighted by Gasteiger charge is -2.36. The molecule has 0 spiro atoms. The van der Waals surface area contributed by atoms with Crippen LogP contribution in [0, 0.1) is 11.3 Å². The Kier molecular flexibility index (Phi) is 7.18. The van der Waals surface area contributed by atoms with Gasteiger partial charge in [0.15, 0.2) is 0 Å². The van der Waals surface area contributed by atoms with Gasteiger partial charge in [-0.25, -0.2) is 19.3 Å². The number of rotatable bonds is 6. The molecule has 3 aromatic rings. The number of esters is 1.